The van der Waals surface area contributed by atoms with Gasteiger partial charge in [-0.05, 0) is 119 Å². The van der Waals surface area contributed by atoms with Crippen LogP contribution in [-0.2, 0) is 6.42 Å². The standard InChI is InChI=1S/C47H50N2/c1-5-6-7-8-9-10-11-14-20-37-32-48-47(49-33-37)41-26-19-25-40(29-41)43-27-35(3)44(28-34(43)2)42-30-45(38-21-15-12-16-22-38)36(4)46(31-42)39-23-17-13-18-24-39/h12-13,15-19,21-33H,5-11,14,20H2,1-4H3. The lowest BCUT2D eigenvalue weighted by atomic mass is 9.86. The smallest absolute Gasteiger partial charge is 0.159 e. The van der Waals surface area contributed by atoms with Crippen molar-refractivity contribution >= 4 is 0 Å². The van der Waals surface area contributed by atoms with E-state index in [1.165, 1.54) is 118 Å². The van der Waals surface area contributed by atoms with Gasteiger partial charge in [-0.25, -0.2) is 9.97 Å². The predicted molar refractivity (Wildman–Crippen MR) is 210 cm³/mol. The average Bonchev–Trinajstić information content (AvgIpc) is 3.14. The van der Waals surface area contributed by atoms with E-state index in [1.807, 2.05) is 12.4 Å². The van der Waals surface area contributed by atoms with E-state index in [-0.39, 0.29) is 0 Å². The molecule has 248 valence electrons. The molecule has 0 atom stereocenters. The topological polar surface area (TPSA) is 25.8 Å². The maximum atomic E-state index is 4.79. The maximum absolute atomic E-state index is 4.79. The van der Waals surface area contributed by atoms with Crippen LogP contribution in [0.5, 0.6) is 0 Å². The van der Waals surface area contributed by atoms with Gasteiger partial charge in [0.2, 0.25) is 0 Å². The van der Waals surface area contributed by atoms with Crippen LogP contribution in [0.15, 0.2) is 122 Å². The summed E-state index contributed by atoms with van der Waals surface area (Å²) in [7, 11) is 0. The fourth-order valence-electron chi connectivity index (χ4n) is 7.06. The highest BCUT2D eigenvalue weighted by Gasteiger charge is 2.15. The average molecular weight is 643 g/mol. The Balaban J connectivity index is 1.23. The number of benzene rings is 5. The molecule has 2 heteroatoms. The second-order valence-corrected chi connectivity index (χ2v) is 13.6. The molecule has 1 aromatic heterocycles. The van der Waals surface area contributed by atoms with E-state index in [9.17, 15) is 0 Å². The second-order valence-electron chi connectivity index (χ2n) is 13.6. The third-order valence-electron chi connectivity index (χ3n) is 9.92. The summed E-state index contributed by atoms with van der Waals surface area (Å²) in [5.41, 5.74) is 16.1. The molecule has 0 aliphatic rings. The van der Waals surface area contributed by atoms with Crippen LogP contribution >= 0.6 is 0 Å². The number of unbranched alkanes of at least 4 members (excludes halogenated alkanes) is 7. The SMILES string of the molecule is CCCCCCCCCCc1cnc(-c2cccc(-c3cc(C)c(-c4cc(-c5ccccc5)c(C)c(-c5ccccc5)c4)cc3C)c2)nc1. The number of hydrogen-bond acceptors (Lipinski definition) is 2. The molecule has 0 bridgehead atoms. The van der Waals surface area contributed by atoms with Crippen molar-refractivity contribution in [1.29, 1.82) is 0 Å². The largest absolute Gasteiger partial charge is 0.236 e. The Hall–Kier alpha value is -4.82. The van der Waals surface area contributed by atoms with E-state index in [1.54, 1.807) is 0 Å². The molecular formula is C47H50N2. The summed E-state index contributed by atoms with van der Waals surface area (Å²) < 4.78 is 0. The van der Waals surface area contributed by atoms with Crippen LogP contribution in [-0.4, -0.2) is 9.97 Å². The number of rotatable bonds is 14. The Morgan fingerprint density at radius 3 is 1.49 bits per heavy atom. The lowest BCUT2D eigenvalue weighted by molar-refractivity contribution is 0.575. The zero-order valence-electron chi connectivity index (χ0n) is 29.8. The fraction of sp³-hybridized carbons (Fsp3) is 0.277. The summed E-state index contributed by atoms with van der Waals surface area (Å²) >= 11 is 0. The van der Waals surface area contributed by atoms with Gasteiger partial charge < -0.3 is 0 Å². The van der Waals surface area contributed by atoms with Crippen LogP contribution in [0.4, 0.5) is 0 Å². The van der Waals surface area contributed by atoms with Gasteiger partial charge in [0.15, 0.2) is 5.82 Å². The molecule has 5 aromatic carbocycles. The van der Waals surface area contributed by atoms with Gasteiger partial charge >= 0.3 is 0 Å². The molecule has 0 saturated heterocycles. The first kappa shape index (κ1) is 34.1. The van der Waals surface area contributed by atoms with E-state index in [0.717, 1.165) is 17.8 Å². The third-order valence-corrected chi connectivity index (χ3v) is 9.92. The summed E-state index contributed by atoms with van der Waals surface area (Å²) in [5, 5.41) is 0. The molecule has 0 N–H and O–H groups in total. The Labute approximate surface area is 294 Å². The van der Waals surface area contributed by atoms with E-state index in [2.05, 4.69) is 137 Å². The lowest BCUT2D eigenvalue weighted by Crippen LogP contribution is -1.95. The quantitative estimate of drug-likeness (QED) is 0.110. The van der Waals surface area contributed by atoms with Gasteiger partial charge in [0, 0.05) is 18.0 Å². The van der Waals surface area contributed by atoms with Crippen molar-refractivity contribution in [3.63, 3.8) is 0 Å². The van der Waals surface area contributed by atoms with E-state index < -0.39 is 0 Å². The lowest BCUT2D eigenvalue weighted by Gasteiger charge is -2.18. The molecule has 0 unspecified atom stereocenters. The first-order chi connectivity index (χ1) is 24.0. The van der Waals surface area contributed by atoms with Crippen LogP contribution < -0.4 is 0 Å². The van der Waals surface area contributed by atoms with Gasteiger partial charge in [-0.3, -0.25) is 0 Å². The van der Waals surface area contributed by atoms with Gasteiger partial charge in [0.25, 0.3) is 0 Å². The Morgan fingerprint density at radius 2 is 0.918 bits per heavy atom. The van der Waals surface area contributed by atoms with Crippen molar-refractivity contribution in [3.05, 3.63) is 144 Å². The molecule has 0 aliphatic heterocycles. The summed E-state index contributed by atoms with van der Waals surface area (Å²) in [4.78, 5) is 9.58. The van der Waals surface area contributed by atoms with Crippen LogP contribution in [0.25, 0.3) is 55.9 Å². The van der Waals surface area contributed by atoms with Crippen molar-refractivity contribution in [2.24, 2.45) is 0 Å². The molecule has 2 nitrogen and oxygen atoms in total. The molecule has 0 spiro atoms. The fourth-order valence-corrected chi connectivity index (χ4v) is 7.06. The number of nitrogens with zero attached hydrogens (tertiary/aromatic N) is 2. The molecule has 0 radical (unpaired) electrons. The summed E-state index contributed by atoms with van der Waals surface area (Å²) in [6.07, 6.45) is 15.8. The summed E-state index contributed by atoms with van der Waals surface area (Å²) in [6.45, 7) is 8.99. The molecule has 6 rings (SSSR count). The predicted octanol–water partition coefficient (Wildman–Crippen LogP) is 13.4. The Bertz CT molecular complexity index is 1900. The van der Waals surface area contributed by atoms with E-state index >= 15 is 0 Å². The highest BCUT2D eigenvalue weighted by atomic mass is 14.9. The second kappa shape index (κ2) is 16.5. The summed E-state index contributed by atoms with van der Waals surface area (Å²) in [5.74, 6) is 0.786. The van der Waals surface area contributed by atoms with Gasteiger partial charge in [0.1, 0.15) is 0 Å². The molecule has 6 aromatic rings. The normalized spacial score (nSPS) is 11.2. The molecule has 0 fully saturated rings. The Morgan fingerprint density at radius 1 is 0.429 bits per heavy atom. The first-order valence-corrected chi connectivity index (χ1v) is 18.3. The summed E-state index contributed by atoms with van der Waals surface area (Å²) in [6, 6.07) is 39.7. The van der Waals surface area contributed by atoms with Crippen LogP contribution in [0.3, 0.4) is 0 Å². The van der Waals surface area contributed by atoms with Gasteiger partial charge in [-0.15, -0.1) is 0 Å². The minimum Gasteiger partial charge on any atom is -0.236 e. The van der Waals surface area contributed by atoms with Gasteiger partial charge in [-0.1, -0.05) is 143 Å². The van der Waals surface area contributed by atoms with Crippen molar-refractivity contribution in [2.75, 3.05) is 0 Å². The van der Waals surface area contributed by atoms with Gasteiger partial charge in [-0.2, -0.15) is 0 Å². The van der Waals surface area contributed by atoms with Crippen LogP contribution in [0.2, 0.25) is 0 Å². The number of hydrogen-bond donors (Lipinski definition) is 0. The molecule has 0 amide bonds. The van der Waals surface area contributed by atoms with Crippen molar-refractivity contribution < 1.29 is 0 Å². The highest BCUT2D eigenvalue weighted by molar-refractivity contribution is 5.87. The molecule has 0 saturated carbocycles. The number of aryl methyl sites for hydroxylation is 3. The minimum absolute atomic E-state index is 0.786. The monoisotopic (exact) mass is 642 g/mol. The van der Waals surface area contributed by atoms with Crippen molar-refractivity contribution in [1.82, 2.24) is 9.97 Å². The zero-order valence-corrected chi connectivity index (χ0v) is 29.8. The zero-order chi connectivity index (χ0) is 34.0. The molecular weight excluding hydrogens is 593 g/mol. The Kier molecular flexibility index (Phi) is 11.5. The first-order valence-electron chi connectivity index (χ1n) is 18.3. The molecule has 49 heavy (non-hydrogen) atoms. The van der Waals surface area contributed by atoms with E-state index in [4.69, 9.17) is 9.97 Å². The van der Waals surface area contributed by atoms with Crippen molar-refractivity contribution in [2.45, 2.75) is 85.5 Å². The maximum Gasteiger partial charge on any atom is 0.159 e. The van der Waals surface area contributed by atoms with Crippen LogP contribution in [0, 0.1) is 20.8 Å². The highest BCUT2D eigenvalue weighted by Crippen LogP contribution is 2.39. The minimum atomic E-state index is 0.786. The molecule has 0 aliphatic carbocycles. The van der Waals surface area contributed by atoms with Gasteiger partial charge in [0.05, 0.1) is 0 Å². The number of aromatic nitrogens is 2. The van der Waals surface area contributed by atoms with Crippen LogP contribution in [0.1, 0.15) is 80.5 Å². The van der Waals surface area contributed by atoms with Crippen molar-refractivity contribution in [3.8, 4) is 55.9 Å². The molecule has 1 heterocycles. The van der Waals surface area contributed by atoms with E-state index in [0.29, 0.717) is 0 Å². The third kappa shape index (κ3) is 8.43.